The number of pyridine rings is 7. The number of benzene rings is 8. The van der Waals surface area contributed by atoms with Crippen LogP contribution in [0, 0.1) is 34.6 Å². The zero-order chi connectivity index (χ0) is 97.7. The number of furan rings is 1. The molecule has 24 heteroatoms. The van der Waals surface area contributed by atoms with Crippen molar-refractivity contribution in [3.63, 3.8) is 0 Å². The van der Waals surface area contributed by atoms with Crippen molar-refractivity contribution in [2.45, 2.75) is 86.5 Å². The molecule has 14 aromatic heterocycles. The number of hydrogen-bond acceptors (Lipinski definition) is 22. The second kappa shape index (κ2) is 46.9. The number of hydrogen-bond donors (Lipinski definition) is 0. The molecule has 0 bridgehead atoms. The third-order valence-electron chi connectivity index (χ3n) is 22.7. The molecule has 0 saturated carbocycles. The molecule has 0 aliphatic rings. The summed E-state index contributed by atoms with van der Waals surface area (Å²) in [7, 11) is 0. The molecule has 0 amide bonds. The van der Waals surface area contributed by atoms with E-state index in [-0.39, 0.29) is 52.7 Å². The van der Waals surface area contributed by atoms with Crippen LogP contribution in [0.15, 0.2) is 358 Å². The number of thiophene rings is 6. The molecule has 0 radical (unpaired) electrons. The minimum Gasteiger partial charge on any atom is -0.453 e. The summed E-state index contributed by atoms with van der Waals surface area (Å²) < 4.78 is 7.66. The molecule has 16 nitrogen and oxygen atoms in total. The maximum atomic E-state index is 12.5. The van der Waals surface area contributed by atoms with Gasteiger partial charge >= 0.3 is 0 Å². The van der Waals surface area contributed by atoms with Crippen molar-refractivity contribution < 1.29 is 42.8 Å². The van der Waals surface area contributed by atoms with Crippen LogP contribution in [0.3, 0.4) is 0 Å². The number of ketones is 8. The van der Waals surface area contributed by atoms with Gasteiger partial charge in [-0.3, -0.25) is 73.2 Å². The minimum absolute atomic E-state index is 0.00845. The number of fused-ring (bicyclic) bond motifs is 8. The number of aromatic nitrogens is 7. The summed E-state index contributed by atoms with van der Waals surface area (Å²) >= 11 is 15.7. The van der Waals surface area contributed by atoms with Gasteiger partial charge in [0, 0.05) is 141 Å². The van der Waals surface area contributed by atoms with E-state index in [9.17, 15) is 38.4 Å². The molecule has 0 unspecified atom stereocenters. The van der Waals surface area contributed by atoms with Gasteiger partial charge in [-0.1, -0.05) is 188 Å². The van der Waals surface area contributed by atoms with Crippen molar-refractivity contribution >= 4 is 233 Å². The molecule has 0 aliphatic carbocycles. The Morgan fingerprint density at radius 1 is 0.271 bits per heavy atom. The first-order chi connectivity index (χ1) is 68.0. The molecule has 0 saturated heterocycles. The van der Waals surface area contributed by atoms with Gasteiger partial charge in [0.15, 0.2) is 46.2 Å². The highest BCUT2D eigenvalue weighted by Gasteiger charge is 2.22. The van der Waals surface area contributed by atoms with E-state index in [0.717, 1.165) is 175 Å². The van der Waals surface area contributed by atoms with Crippen molar-refractivity contribution in [3.05, 3.63) is 459 Å². The van der Waals surface area contributed by atoms with Gasteiger partial charge in [0.25, 0.3) is 0 Å². The first kappa shape index (κ1) is 98.7. The van der Waals surface area contributed by atoms with Crippen molar-refractivity contribution in [1.29, 1.82) is 0 Å². The molecule has 0 N–H and O–H groups in total. The Bertz CT molecular complexity index is 7950. The lowest BCUT2D eigenvalue weighted by atomic mass is 10.0. The van der Waals surface area contributed by atoms with Gasteiger partial charge in [-0.15, -0.1) is 68.0 Å². The number of aryl methyl sites for hydroxylation is 5. The number of carbonyl (C=O) groups is 8. The summed E-state index contributed by atoms with van der Waals surface area (Å²) in [5, 5.41) is 10.4. The van der Waals surface area contributed by atoms with Crippen molar-refractivity contribution in [2.24, 2.45) is 0 Å². The van der Waals surface area contributed by atoms with Crippen LogP contribution in [0.2, 0.25) is 0 Å². The largest absolute Gasteiger partial charge is 0.453 e. The maximum absolute atomic E-state index is 12.5. The number of rotatable bonds is 22. The van der Waals surface area contributed by atoms with E-state index in [2.05, 4.69) is 66.7 Å². The Balaban J connectivity index is 0.000000118. The molecule has 0 atom stereocenters. The standard InChI is InChI=1S/C19H13NO2.C17H13NO2S.2C16H12BrNOS.3C16H13NOS/c21-16(18-12-14-5-1-2-9-17(14)22-18)11-15-7-3-6-13-8-4-10-20-19(13)15;1-11(19)15-7-8-16(21-15)14(20)10-13-5-2-4-12-6-3-9-18-17(12)13;1-10-8-14(17)20-16(10)13(19)9-12-5-2-4-11-6-3-7-18-15(11)12;1-10-8-14(20-16(10)17)13(19)9-12-5-2-4-11-6-3-7-18-15(11)12;2*1-11-7-8-15(19-11)14(18)10-13-5-2-4-12-6-3-9-17-16(12)13;1-11-8-15(19-10-11)14(18)9-13-5-2-4-12-6-3-7-17-16(12)13/h1-10,12H,11H2;2-9H,10H2,1H3;2*2-8H,9H2,1H3;2*2-9H,10H2,1H3;2-8,10H,9H2,1H3. The predicted molar refractivity (Wildman–Crippen MR) is 580 cm³/mol. The Morgan fingerprint density at radius 3 is 0.879 bits per heavy atom. The smallest absolute Gasteiger partial charge is 0.202 e. The van der Waals surface area contributed by atoms with E-state index in [1.54, 1.807) is 84.3 Å². The minimum atomic E-state index is -0.0330. The molecular formula is C116H89Br2N7O9S6. The Labute approximate surface area is 849 Å². The van der Waals surface area contributed by atoms with E-state index in [1.165, 1.54) is 62.0 Å². The first-order valence-corrected chi connectivity index (χ1v) is 51.3. The van der Waals surface area contributed by atoms with Crippen molar-refractivity contribution in [1.82, 2.24) is 34.9 Å². The third kappa shape index (κ3) is 25.2. The highest BCUT2D eigenvalue weighted by Crippen LogP contribution is 2.34. The molecule has 14 heterocycles. The second-order valence-electron chi connectivity index (χ2n) is 33.0. The summed E-state index contributed by atoms with van der Waals surface area (Å²) in [6.45, 7) is 11.5. The van der Waals surface area contributed by atoms with Gasteiger partial charge in [-0.25, -0.2) is 0 Å². The van der Waals surface area contributed by atoms with E-state index >= 15 is 0 Å². The molecule has 0 aliphatic heterocycles. The fourth-order valence-electron chi connectivity index (χ4n) is 15.8. The van der Waals surface area contributed by atoms with Crippen LogP contribution in [-0.2, 0) is 44.9 Å². The summed E-state index contributed by atoms with van der Waals surface area (Å²) in [5.41, 5.74) is 17.1. The first-order valence-electron chi connectivity index (χ1n) is 44.8. The van der Waals surface area contributed by atoms with E-state index in [4.69, 9.17) is 4.42 Å². The third-order valence-corrected chi connectivity index (χ3v) is 31.1. The zero-order valence-electron chi connectivity index (χ0n) is 76.9. The molecule has 140 heavy (non-hydrogen) atoms. The van der Waals surface area contributed by atoms with Crippen LogP contribution >= 0.6 is 99.9 Å². The zero-order valence-corrected chi connectivity index (χ0v) is 84.9. The van der Waals surface area contributed by atoms with Crippen molar-refractivity contribution in [3.8, 4) is 0 Å². The average molecular weight is 2080 g/mol. The van der Waals surface area contributed by atoms with Crippen LogP contribution in [0.4, 0.5) is 0 Å². The molecule has 692 valence electrons. The van der Waals surface area contributed by atoms with Crippen LogP contribution in [0.5, 0.6) is 0 Å². The highest BCUT2D eigenvalue weighted by molar-refractivity contribution is 9.11. The fourth-order valence-corrected chi connectivity index (χ4v) is 22.3. The molecule has 22 aromatic rings. The van der Waals surface area contributed by atoms with E-state index in [0.29, 0.717) is 54.0 Å². The van der Waals surface area contributed by atoms with E-state index < -0.39 is 0 Å². The number of halogens is 2. The monoisotopic (exact) mass is 2070 g/mol. The normalized spacial score (nSPS) is 10.9. The second-order valence-corrected chi connectivity index (χ2v) is 42.3. The lowest BCUT2D eigenvalue weighted by Gasteiger charge is -2.04. The maximum Gasteiger partial charge on any atom is 0.202 e. The fraction of sp³-hybridized carbons (Fsp3) is 0.112. The van der Waals surface area contributed by atoms with Crippen molar-refractivity contribution in [2.75, 3.05) is 0 Å². The van der Waals surface area contributed by atoms with Gasteiger partial charge in [0.1, 0.15) is 5.58 Å². The molecule has 0 spiro atoms. The Kier molecular flexibility index (Phi) is 33.1. The van der Waals surface area contributed by atoms with Gasteiger partial charge < -0.3 is 4.42 Å². The van der Waals surface area contributed by atoms with Gasteiger partial charge in [0.05, 0.1) is 80.3 Å². The lowest BCUT2D eigenvalue weighted by Crippen LogP contribution is -2.03. The predicted octanol–water partition coefficient (Wildman–Crippen LogP) is 30.0. The topological polar surface area (TPSA) is 240 Å². The Hall–Kier alpha value is -14.3. The Morgan fingerprint density at radius 2 is 0.579 bits per heavy atom. The molecular weight excluding hydrogens is 1990 g/mol. The van der Waals surface area contributed by atoms with Crippen LogP contribution < -0.4 is 0 Å². The van der Waals surface area contributed by atoms with Gasteiger partial charge in [0.2, 0.25) is 5.78 Å². The molecule has 8 aromatic carbocycles. The quantitative estimate of drug-likeness (QED) is 0.0573. The molecule has 22 rings (SSSR count). The van der Waals surface area contributed by atoms with E-state index in [1.807, 2.05) is 319 Å². The highest BCUT2D eigenvalue weighted by atomic mass is 79.9. The number of carbonyl (C=O) groups excluding carboxylic acids is 8. The summed E-state index contributed by atoms with van der Waals surface area (Å²) in [6.07, 6.45) is 14.9. The lowest BCUT2D eigenvalue weighted by molar-refractivity contribution is 0.0963. The summed E-state index contributed by atoms with van der Waals surface area (Å²) in [5.74, 6) is 1.15. The summed E-state index contributed by atoms with van der Waals surface area (Å²) in [6, 6.07) is 95.5. The van der Waals surface area contributed by atoms with Crippen LogP contribution in [0.25, 0.3) is 87.3 Å². The number of nitrogens with zero attached hydrogens (tertiary/aromatic N) is 7. The van der Waals surface area contributed by atoms with Gasteiger partial charge in [-0.2, -0.15) is 0 Å². The van der Waals surface area contributed by atoms with Crippen LogP contribution in [0.1, 0.15) is 151 Å². The van der Waals surface area contributed by atoms with Gasteiger partial charge in [-0.05, 0) is 244 Å². The van der Waals surface area contributed by atoms with Crippen LogP contribution in [-0.4, -0.2) is 81.2 Å². The average Bonchev–Trinajstić information content (AvgIpc) is 1.64. The number of Topliss-reactive ketones (excluding diaryl/α,β-unsaturated/α-hetero) is 8. The SMILES string of the molecule is CC(=O)c1ccc(C(=O)Cc2cccc3cccnc23)s1.Cc1cc(Br)sc1C(=O)Cc1cccc2cccnc12.Cc1cc(C(=O)Cc2cccc3cccnc23)sc1Br.Cc1ccc(C(=O)Cc2cccc3cccnc23)s1.Cc1ccc(C(=O)Cc2cccc3cccnc23)s1.Cc1csc(C(=O)Cc2cccc3cccnc23)c1.O=C(Cc1cccc2cccnc12)c1cc2ccccc2o1. The molecule has 0 fully saturated rings. The summed E-state index contributed by atoms with van der Waals surface area (Å²) in [4.78, 5) is 136. The number of para-hydroxylation sites is 8.